The number of ether oxygens (including phenoxy) is 1. The molecule has 5 nitrogen and oxygen atoms in total. The second kappa shape index (κ2) is 5.69. The van der Waals surface area contributed by atoms with E-state index in [2.05, 4.69) is 10.3 Å². The topological polar surface area (TPSA) is 66.0 Å². The summed E-state index contributed by atoms with van der Waals surface area (Å²) in [4.78, 5) is 0. The molecule has 0 radical (unpaired) electrons. The van der Waals surface area contributed by atoms with Crippen molar-refractivity contribution in [2.75, 3.05) is 12.8 Å². The lowest BCUT2D eigenvalue weighted by Crippen LogP contribution is -1.96. The first-order chi connectivity index (χ1) is 10.6. The largest absolute Gasteiger partial charge is 0.496 e. The number of nitrogens with two attached hydrogens (primary N) is 1. The van der Waals surface area contributed by atoms with Crippen molar-refractivity contribution in [1.82, 2.24) is 15.0 Å². The Morgan fingerprint density at radius 3 is 2.73 bits per heavy atom. The smallest absolute Gasteiger partial charge is 0.128 e. The minimum absolute atomic E-state index is 0.521. The summed E-state index contributed by atoms with van der Waals surface area (Å²) < 4.78 is 7.01. The summed E-state index contributed by atoms with van der Waals surface area (Å²) in [7, 11) is 1.63. The number of hydrogen-bond acceptors (Lipinski definition) is 4. The molecule has 3 aromatic rings. The van der Waals surface area contributed by atoms with Gasteiger partial charge in [-0.05, 0) is 37.3 Å². The highest BCUT2D eigenvalue weighted by Crippen LogP contribution is 2.30. The van der Waals surface area contributed by atoms with Crippen molar-refractivity contribution in [2.45, 2.75) is 6.92 Å². The third-order valence-electron chi connectivity index (χ3n) is 3.34. The van der Waals surface area contributed by atoms with Crippen LogP contribution in [-0.2, 0) is 0 Å². The summed E-state index contributed by atoms with van der Waals surface area (Å²) in [5.41, 5.74) is 9.77. The molecular formula is C16H15ClN4O. The first-order valence-electron chi connectivity index (χ1n) is 6.71. The molecule has 22 heavy (non-hydrogen) atoms. The molecule has 0 saturated heterocycles. The van der Waals surface area contributed by atoms with Gasteiger partial charge in [0.05, 0.1) is 24.0 Å². The molecule has 0 aliphatic carbocycles. The van der Waals surface area contributed by atoms with E-state index in [1.54, 1.807) is 23.9 Å². The fourth-order valence-corrected chi connectivity index (χ4v) is 2.51. The lowest BCUT2D eigenvalue weighted by Gasteiger charge is -2.06. The highest BCUT2D eigenvalue weighted by molar-refractivity contribution is 6.32. The van der Waals surface area contributed by atoms with E-state index in [4.69, 9.17) is 22.1 Å². The van der Waals surface area contributed by atoms with Crippen LogP contribution in [0.25, 0.3) is 16.9 Å². The van der Waals surface area contributed by atoms with Crippen LogP contribution in [-0.4, -0.2) is 22.1 Å². The Balaban J connectivity index is 2.06. The van der Waals surface area contributed by atoms with Gasteiger partial charge in [-0.1, -0.05) is 28.4 Å². The van der Waals surface area contributed by atoms with E-state index in [0.717, 1.165) is 22.6 Å². The highest BCUT2D eigenvalue weighted by Gasteiger charge is 2.12. The molecule has 0 aliphatic heterocycles. The monoisotopic (exact) mass is 314 g/mol. The van der Waals surface area contributed by atoms with Crippen molar-refractivity contribution >= 4 is 17.3 Å². The Kier molecular flexibility index (Phi) is 3.73. The molecule has 2 N–H and O–H groups in total. The number of nitrogen functional groups attached to an aromatic ring is 1. The van der Waals surface area contributed by atoms with Crippen molar-refractivity contribution < 1.29 is 4.74 Å². The number of hydrogen-bond donors (Lipinski definition) is 1. The molecule has 2 aromatic carbocycles. The zero-order valence-corrected chi connectivity index (χ0v) is 13.0. The van der Waals surface area contributed by atoms with Gasteiger partial charge in [0.15, 0.2) is 0 Å². The van der Waals surface area contributed by atoms with Crippen LogP contribution < -0.4 is 10.5 Å². The summed E-state index contributed by atoms with van der Waals surface area (Å²) >= 11 is 6.21. The molecule has 6 heteroatoms. The maximum atomic E-state index is 6.21. The van der Waals surface area contributed by atoms with Gasteiger partial charge in [0.1, 0.15) is 11.4 Å². The van der Waals surface area contributed by atoms with E-state index >= 15 is 0 Å². The van der Waals surface area contributed by atoms with Gasteiger partial charge in [-0.25, -0.2) is 4.68 Å². The number of benzene rings is 2. The van der Waals surface area contributed by atoms with Crippen LogP contribution in [0.15, 0.2) is 42.6 Å². The van der Waals surface area contributed by atoms with Crippen LogP contribution in [0.3, 0.4) is 0 Å². The van der Waals surface area contributed by atoms with Gasteiger partial charge >= 0.3 is 0 Å². The van der Waals surface area contributed by atoms with E-state index in [-0.39, 0.29) is 0 Å². The van der Waals surface area contributed by atoms with Crippen LogP contribution in [0, 0.1) is 6.92 Å². The summed E-state index contributed by atoms with van der Waals surface area (Å²) in [6.07, 6.45) is 1.81. The normalized spacial score (nSPS) is 10.7. The van der Waals surface area contributed by atoms with Crippen molar-refractivity contribution in [3.63, 3.8) is 0 Å². The maximum absolute atomic E-state index is 6.21. The number of nitrogens with zero attached hydrogens (tertiary/aromatic N) is 3. The quantitative estimate of drug-likeness (QED) is 0.752. The molecule has 3 rings (SSSR count). The summed E-state index contributed by atoms with van der Waals surface area (Å²) in [5.74, 6) is 0.751. The van der Waals surface area contributed by atoms with Gasteiger partial charge in [0.2, 0.25) is 0 Å². The maximum Gasteiger partial charge on any atom is 0.128 e. The standard InChI is InChI=1S/C16H15ClN4O/c1-10-3-6-16(22-2)12(7-10)14-9-21(20-19-14)15-5-4-11(18)8-13(15)17/h3-9H,18H2,1-2H3. The van der Waals surface area contributed by atoms with Crippen molar-refractivity contribution in [1.29, 1.82) is 0 Å². The zero-order chi connectivity index (χ0) is 15.7. The zero-order valence-electron chi connectivity index (χ0n) is 12.2. The Hall–Kier alpha value is -2.53. The third kappa shape index (κ3) is 2.63. The van der Waals surface area contributed by atoms with E-state index in [1.807, 2.05) is 37.4 Å². The van der Waals surface area contributed by atoms with E-state index in [1.165, 1.54) is 0 Å². The predicted molar refractivity (Wildman–Crippen MR) is 87.5 cm³/mol. The minimum Gasteiger partial charge on any atom is -0.496 e. The van der Waals surface area contributed by atoms with E-state index < -0.39 is 0 Å². The number of anilines is 1. The number of halogens is 1. The average molecular weight is 315 g/mol. The number of aromatic nitrogens is 3. The highest BCUT2D eigenvalue weighted by atomic mass is 35.5. The van der Waals surface area contributed by atoms with Gasteiger partial charge in [0.25, 0.3) is 0 Å². The average Bonchev–Trinajstić information content (AvgIpc) is 2.96. The fraction of sp³-hybridized carbons (Fsp3) is 0.125. The van der Waals surface area contributed by atoms with Crippen LogP contribution in [0.1, 0.15) is 5.56 Å². The molecule has 1 heterocycles. The van der Waals surface area contributed by atoms with Crippen LogP contribution >= 0.6 is 11.6 Å². The van der Waals surface area contributed by atoms with Gasteiger partial charge in [-0.2, -0.15) is 0 Å². The Bertz CT molecular complexity index is 829. The molecule has 0 amide bonds. The molecular weight excluding hydrogens is 300 g/mol. The third-order valence-corrected chi connectivity index (χ3v) is 3.65. The molecule has 0 spiro atoms. The Morgan fingerprint density at radius 2 is 2.00 bits per heavy atom. The van der Waals surface area contributed by atoms with Crippen LogP contribution in [0.5, 0.6) is 5.75 Å². The molecule has 1 aromatic heterocycles. The van der Waals surface area contributed by atoms with Gasteiger partial charge in [-0.3, -0.25) is 0 Å². The SMILES string of the molecule is COc1ccc(C)cc1-c1cn(-c2ccc(N)cc2Cl)nn1. The molecule has 0 unspecified atom stereocenters. The second-order valence-electron chi connectivity index (χ2n) is 4.96. The van der Waals surface area contributed by atoms with Crippen LogP contribution in [0.2, 0.25) is 5.02 Å². The van der Waals surface area contributed by atoms with Gasteiger partial charge in [0, 0.05) is 11.3 Å². The summed E-state index contributed by atoms with van der Waals surface area (Å²) in [6, 6.07) is 11.2. The second-order valence-corrected chi connectivity index (χ2v) is 5.37. The molecule has 112 valence electrons. The molecule has 0 bridgehead atoms. The lowest BCUT2D eigenvalue weighted by molar-refractivity contribution is 0.416. The van der Waals surface area contributed by atoms with Crippen LogP contribution in [0.4, 0.5) is 5.69 Å². The number of rotatable bonds is 3. The predicted octanol–water partition coefficient (Wildman–Crippen LogP) is 3.49. The minimum atomic E-state index is 0.521. The van der Waals surface area contributed by atoms with E-state index in [9.17, 15) is 0 Å². The Labute approximate surface area is 133 Å². The van der Waals surface area contributed by atoms with Gasteiger partial charge < -0.3 is 10.5 Å². The Morgan fingerprint density at radius 1 is 1.18 bits per heavy atom. The lowest BCUT2D eigenvalue weighted by atomic mass is 10.1. The molecule has 0 atom stereocenters. The number of aryl methyl sites for hydroxylation is 1. The van der Waals surface area contributed by atoms with Crippen molar-refractivity contribution in [3.8, 4) is 22.7 Å². The van der Waals surface area contributed by atoms with Crippen molar-refractivity contribution in [3.05, 3.63) is 53.2 Å². The first kappa shape index (κ1) is 14.4. The van der Waals surface area contributed by atoms with Gasteiger partial charge in [-0.15, -0.1) is 5.10 Å². The molecule has 0 fully saturated rings. The van der Waals surface area contributed by atoms with Crippen molar-refractivity contribution in [2.24, 2.45) is 0 Å². The molecule has 0 aliphatic rings. The summed E-state index contributed by atoms with van der Waals surface area (Å²) in [6.45, 7) is 2.02. The first-order valence-corrected chi connectivity index (χ1v) is 7.09. The number of methoxy groups -OCH3 is 1. The summed E-state index contributed by atoms with van der Waals surface area (Å²) in [5, 5.41) is 8.88. The fourth-order valence-electron chi connectivity index (χ4n) is 2.24. The van der Waals surface area contributed by atoms with E-state index in [0.29, 0.717) is 16.4 Å². The molecule has 0 saturated carbocycles.